The number of hydrogen-bond donors (Lipinski definition) is 2. The Hall–Kier alpha value is -2.13. The Balaban J connectivity index is 2.08. The zero-order valence-corrected chi connectivity index (χ0v) is 11.2. The number of aryl methyl sites for hydroxylation is 1. The highest BCUT2D eigenvalue weighted by Crippen LogP contribution is 2.28. The Morgan fingerprint density at radius 1 is 1.37 bits per heavy atom. The van der Waals surface area contributed by atoms with Gasteiger partial charge in [-0.2, -0.15) is 0 Å². The summed E-state index contributed by atoms with van der Waals surface area (Å²) >= 11 is 1.40. The highest BCUT2D eigenvalue weighted by Gasteiger charge is 2.13. The Kier molecular flexibility index (Phi) is 2.84. The number of hydrazine groups is 1. The van der Waals surface area contributed by atoms with E-state index in [1.807, 2.05) is 29.1 Å². The van der Waals surface area contributed by atoms with Crippen molar-refractivity contribution in [2.75, 3.05) is 5.43 Å². The van der Waals surface area contributed by atoms with E-state index in [-0.39, 0.29) is 0 Å². The van der Waals surface area contributed by atoms with Gasteiger partial charge in [0.05, 0.1) is 6.20 Å². The van der Waals surface area contributed by atoms with Crippen molar-refractivity contribution in [2.24, 2.45) is 12.9 Å². The molecule has 0 aliphatic rings. The Morgan fingerprint density at radius 3 is 2.89 bits per heavy atom. The van der Waals surface area contributed by atoms with Gasteiger partial charge in [-0.25, -0.2) is 15.8 Å². The van der Waals surface area contributed by atoms with Gasteiger partial charge in [-0.3, -0.25) is 0 Å². The summed E-state index contributed by atoms with van der Waals surface area (Å²) in [7, 11) is 1.91. The number of nitrogens with one attached hydrogen (secondary N) is 1. The monoisotopic (exact) mass is 276 g/mol. The van der Waals surface area contributed by atoms with Crippen LogP contribution in [-0.2, 0) is 7.05 Å². The van der Waals surface area contributed by atoms with Gasteiger partial charge in [0.25, 0.3) is 0 Å². The second-order valence-electron chi connectivity index (χ2n) is 3.92. The third kappa shape index (κ3) is 2.02. The van der Waals surface area contributed by atoms with E-state index in [1.165, 1.54) is 11.8 Å². The van der Waals surface area contributed by atoms with Gasteiger partial charge in [0.1, 0.15) is 10.9 Å². The van der Waals surface area contributed by atoms with Crippen LogP contribution >= 0.6 is 11.8 Å². The minimum Gasteiger partial charge on any atom is -0.309 e. The number of aromatic nitrogens is 6. The number of rotatable bonds is 3. The lowest BCUT2D eigenvalue weighted by molar-refractivity contribution is 0.764. The Bertz CT molecular complexity index is 730. The maximum atomic E-state index is 5.42. The van der Waals surface area contributed by atoms with Crippen LogP contribution in [0.1, 0.15) is 5.82 Å². The first-order valence-corrected chi connectivity index (χ1v) is 6.35. The van der Waals surface area contributed by atoms with Crippen LogP contribution in [0, 0.1) is 6.92 Å². The largest absolute Gasteiger partial charge is 0.309 e. The van der Waals surface area contributed by atoms with Crippen LogP contribution in [0.5, 0.6) is 0 Å². The fraction of sp³-hybridized carbons (Fsp3) is 0.200. The number of nitrogens with two attached hydrogens (primary N) is 1. The second-order valence-corrected chi connectivity index (χ2v) is 4.88. The van der Waals surface area contributed by atoms with E-state index in [0.717, 1.165) is 21.7 Å². The van der Waals surface area contributed by atoms with Crippen molar-refractivity contribution in [3.63, 3.8) is 0 Å². The molecular weight excluding hydrogens is 264 g/mol. The topological polar surface area (TPSA) is 98.9 Å². The summed E-state index contributed by atoms with van der Waals surface area (Å²) in [5.74, 6) is 6.82. The Labute approximate surface area is 113 Å². The summed E-state index contributed by atoms with van der Waals surface area (Å²) in [5.41, 5.74) is 3.29. The molecule has 0 atom stereocenters. The van der Waals surface area contributed by atoms with Crippen molar-refractivity contribution in [1.82, 2.24) is 29.1 Å². The van der Waals surface area contributed by atoms with Gasteiger partial charge in [0.2, 0.25) is 0 Å². The van der Waals surface area contributed by atoms with Crippen LogP contribution in [0.15, 0.2) is 28.8 Å². The number of fused-ring (bicyclic) bond motifs is 1. The highest BCUT2D eigenvalue weighted by atomic mass is 32.2. The summed E-state index contributed by atoms with van der Waals surface area (Å²) in [6.45, 7) is 1.90. The molecule has 0 radical (unpaired) electrons. The molecule has 19 heavy (non-hydrogen) atoms. The normalized spacial score (nSPS) is 11.1. The number of hydrogen-bond acceptors (Lipinski definition) is 7. The summed E-state index contributed by atoms with van der Waals surface area (Å²) < 4.78 is 3.75. The number of anilines is 1. The molecule has 0 aromatic carbocycles. The lowest BCUT2D eigenvalue weighted by Crippen LogP contribution is -2.10. The quantitative estimate of drug-likeness (QED) is 0.534. The SMILES string of the molecule is Cc1nnc(Sc2nc(NN)cn3ccnc23)n1C. The first-order chi connectivity index (χ1) is 9.19. The van der Waals surface area contributed by atoms with Crippen molar-refractivity contribution >= 4 is 23.2 Å². The fourth-order valence-electron chi connectivity index (χ4n) is 1.60. The van der Waals surface area contributed by atoms with E-state index >= 15 is 0 Å². The fourth-order valence-corrected chi connectivity index (χ4v) is 2.52. The molecular formula is C10H12N8S. The van der Waals surface area contributed by atoms with Crippen LogP contribution in [0.2, 0.25) is 0 Å². The molecule has 3 rings (SSSR count). The number of nitrogens with zero attached hydrogens (tertiary/aromatic N) is 6. The maximum Gasteiger partial charge on any atom is 0.197 e. The molecule has 0 saturated heterocycles. The van der Waals surface area contributed by atoms with Gasteiger partial charge in [0.15, 0.2) is 16.6 Å². The molecule has 3 aromatic heterocycles. The highest BCUT2D eigenvalue weighted by molar-refractivity contribution is 7.99. The van der Waals surface area contributed by atoms with Crippen LogP contribution < -0.4 is 11.3 Å². The van der Waals surface area contributed by atoms with E-state index in [1.54, 1.807) is 12.4 Å². The van der Waals surface area contributed by atoms with Gasteiger partial charge in [0, 0.05) is 19.4 Å². The van der Waals surface area contributed by atoms with E-state index in [4.69, 9.17) is 5.84 Å². The third-order valence-electron chi connectivity index (χ3n) is 2.73. The van der Waals surface area contributed by atoms with Gasteiger partial charge in [-0.15, -0.1) is 10.2 Å². The van der Waals surface area contributed by atoms with Crippen LogP contribution in [-0.4, -0.2) is 29.1 Å². The summed E-state index contributed by atoms with van der Waals surface area (Å²) in [5, 5.41) is 9.60. The first-order valence-electron chi connectivity index (χ1n) is 5.53. The van der Waals surface area contributed by atoms with Crippen LogP contribution in [0.25, 0.3) is 5.65 Å². The molecule has 0 fully saturated rings. The van der Waals surface area contributed by atoms with Crippen LogP contribution in [0.4, 0.5) is 5.82 Å². The predicted octanol–water partition coefficient (Wildman–Crippen LogP) is 0.603. The summed E-state index contributed by atoms with van der Waals surface area (Å²) in [6, 6.07) is 0. The number of nitrogen functional groups attached to an aromatic ring is 1. The predicted molar refractivity (Wildman–Crippen MR) is 70.7 cm³/mol. The second kappa shape index (κ2) is 4.52. The Morgan fingerprint density at radius 2 is 2.21 bits per heavy atom. The molecule has 98 valence electrons. The maximum absolute atomic E-state index is 5.42. The first kappa shape index (κ1) is 11.9. The standard InChI is InChI=1S/C10H12N8S/c1-6-15-16-10(17(6)2)19-9-8-12-3-4-18(8)5-7(13-9)14-11/h3-5,14H,11H2,1-2H3. The summed E-state index contributed by atoms with van der Waals surface area (Å²) in [6.07, 6.45) is 5.32. The third-order valence-corrected chi connectivity index (χ3v) is 3.74. The van der Waals surface area contributed by atoms with Crippen molar-refractivity contribution in [1.29, 1.82) is 0 Å². The van der Waals surface area contributed by atoms with E-state index in [9.17, 15) is 0 Å². The van der Waals surface area contributed by atoms with Crippen molar-refractivity contribution in [2.45, 2.75) is 17.1 Å². The van der Waals surface area contributed by atoms with Gasteiger partial charge in [-0.05, 0) is 18.7 Å². The van der Waals surface area contributed by atoms with Gasteiger partial charge >= 0.3 is 0 Å². The molecule has 8 nitrogen and oxygen atoms in total. The average molecular weight is 276 g/mol. The minimum atomic E-state index is 0.562. The molecule has 9 heteroatoms. The van der Waals surface area contributed by atoms with Gasteiger partial charge < -0.3 is 14.4 Å². The van der Waals surface area contributed by atoms with Gasteiger partial charge in [-0.1, -0.05) is 0 Å². The molecule has 3 N–H and O–H groups in total. The molecule has 3 aromatic rings. The van der Waals surface area contributed by atoms with E-state index in [0.29, 0.717) is 5.82 Å². The van der Waals surface area contributed by atoms with E-state index in [2.05, 4.69) is 25.6 Å². The molecule has 0 amide bonds. The van der Waals surface area contributed by atoms with Crippen molar-refractivity contribution in [3.8, 4) is 0 Å². The smallest absolute Gasteiger partial charge is 0.197 e. The summed E-state index contributed by atoms with van der Waals surface area (Å²) in [4.78, 5) is 8.68. The van der Waals surface area contributed by atoms with E-state index < -0.39 is 0 Å². The lowest BCUT2D eigenvalue weighted by Gasteiger charge is -2.06. The zero-order valence-electron chi connectivity index (χ0n) is 10.4. The number of imidazole rings is 1. The zero-order chi connectivity index (χ0) is 13.4. The minimum absolute atomic E-state index is 0.562. The van der Waals surface area contributed by atoms with Crippen LogP contribution in [0.3, 0.4) is 0 Å². The lowest BCUT2D eigenvalue weighted by atomic mass is 10.6. The molecule has 0 unspecified atom stereocenters. The molecule has 0 spiro atoms. The molecule has 0 aliphatic heterocycles. The molecule has 0 saturated carbocycles. The molecule has 0 bridgehead atoms. The molecule has 3 heterocycles. The molecule has 0 aliphatic carbocycles. The average Bonchev–Trinajstić information content (AvgIpc) is 3.00. The van der Waals surface area contributed by atoms with Crippen molar-refractivity contribution in [3.05, 3.63) is 24.4 Å². The van der Waals surface area contributed by atoms with Crippen molar-refractivity contribution < 1.29 is 0 Å².